The first-order chi connectivity index (χ1) is 9.60. The molecule has 0 amide bonds. The highest BCUT2D eigenvalue weighted by molar-refractivity contribution is 6.30. The lowest BCUT2D eigenvalue weighted by atomic mass is 9.97. The zero-order valence-electron chi connectivity index (χ0n) is 11.7. The average molecular weight is 298 g/mol. The number of carboxylic acid groups (broad SMARTS) is 1. The second-order valence-electron chi connectivity index (χ2n) is 5.77. The van der Waals surface area contributed by atoms with Crippen LogP contribution in [0.1, 0.15) is 37.2 Å². The number of likely N-dealkylation sites (N-methyl/N-ethyl adjacent to an activating group) is 1. The Labute approximate surface area is 123 Å². The van der Waals surface area contributed by atoms with Gasteiger partial charge in [0.15, 0.2) is 5.15 Å². The predicted molar refractivity (Wildman–Crippen MR) is 76.2 cm³/mol. The lowest BCUT2D eigenvalue weighted by Crippen LogP contribution is -2.28. The van der Waals surface area contributed by atoms with Gasteiger partial charge in [0.25, 0.3) is 0 Å². The van der Waals surface area contributed by atoms with Gasteiger partial charge in [0, 0.05) is 19.0 Å². The van der Waals surface area contributed by atoms with E-state index in [2.05, 4.69) is 21.4 Å². The highest BCUT2D eigenvalue weighted by atomic mass is 35.5. The van der Waals surface area contributed by atoms with Crippen molar-refractivity contribution in [2.24, 2.45) is 5.92 Å². The van der Waals surface area contributed by atoms with Crippen LogP contribution in [-0.2, 0) is 17.8 Å². The Balaban J connectivity index is 1.88. The van der Waals surface area contributed by atoms with Gasteiger partial charge in [-0.3, -0.25) is 4.79 Å². The van der Waals surface area contributed by atoms with E-state index in [9.17, 15) is 9.90 Å². The summed E-state index contributed by atoms with van der Waals surface area (Å²) in [6.07, 6.45) is 2.46. The smallest absolute Gasteiger partial charge is 0.308 e. The average Bonchev–Trinajstić information content (AvgIpc) is 3.03. The number of fused-ring (bicyclic) bond motifs is 1. The summed E-state index contributed by atoms with van der Waals surface area (Å²) >= 11 is 6.25. The van der Waals surface area contributed by atoms with Crippen molar-refractivity contribution < 1.29 is 9.90 Å². The molecule has 20 heavy (non-hydrogen) atoms. The molecule has 1 N–H and O–H groups in total. The van der Waals surface area contributed by atoms with Gasteiger partial charge in [-0.25, -0.2) is 4.98 Å². The molecule has 3 rings (SSSR count). The summed E-state index contributed by atoms with van der Waals surface area (Å²) in [6, 6.07) is 0. The Morgan fingerprint density at radius 2 is 2.25 bits per heavy atom. The van der Waals surface area contributed by atoms with Crippen LogP contribution in [0.5, 0.6) is 0 Å². The molecule has 2 aliphatic heterocycles. The van der Waals surface area contributed by atoms with Gasteiger partial charge < -0.3 is 14.6 Å². The van der Waals surface area contributed by atoms with Gasteiger partial charge in [-0.05, 0) is 32.4 Å². The first-order valence-electron chi connectivity index (χ1n) is 7.30. The van der Waals surface area contributed by atoms with Crippen molar-refractivity contribution in [1.29, 1.82) is 0 Å². The van der Waals surface area contributed by atoms with Crippen molar-refractivity contribution in [3.8, 4) is 0 Å². The highest BCUT2D eigenvalue weighted by Crippen LogP contribution is 2.34. The van der Waals surface area contributed by atoms with Crippen LogP contribution < -0.4 is 0 Å². The first kappa shape index (κ1) is 13.9. The van der Waals surface area contributed by atoms with Crippen LogP contribution >= 0.6 is 11.6 Å². The number of carboxylic acids is 1. The molecule has 5 nitrogen and oxygen atoms in total. The summed E-state index contributed by atoms with van der Waals surface area (Å²) < 4.78 is 2.08. The number of aromatic nitrogens is 2. The number of imidazole rings is 1. The number of hydrogen-bond donors (Lipinski definition) is 1. The number of rotatable bonds is 3. The molecule has 1 fully saturated rings. The maximum absolute atomic E-state index is 11.2. The van der Waals surface area contributed by atoms with Gasteiger partial charge >= 0.3 is 5.97 Å². The summed E-state index contributed by atoms with van der Waals surface area (Å²) in [7, 11) is 0. The summed E-state index contributed by atoms with van der Waals surface area (Å²) in [6.45, 7) is 5.82. The highest BCUT2D eigenvalue weighted by Gasteiger charge is 2.33. The van der Waals surface area contributed by atoms with E-state index in [0.717, 1.165) is 37.6 Å². The summed E-state index contributed by atoms with van der Waals surface area (Å²) in [5, 5.41) is 9.80. The van der Waals surface area contributed by atoms with E-state index in [1.54, 1.807) is 0 Å². The van der Waals surface area contributed by atoms with Gasteiger partial charge in [-0.2, -0.15) is 0 Å². The fourth-order valence-corrected chi connectivity index (χ4v) is 3.67. The van der Waals surface area contributed by atoms with Crippen molar-refractivity contribution >= 4 is 17.6 Å². The standard InChI is InChI=1S/C14H20ClN3O2/c1-2-17-6-5-9(7-17)13-16-12(15)11-4-3-10(14(19)20)8-18(11)13/h9-10H,2-8H2,1H3,(H,19,20). The zero-order chi connectivity index (χ0) is 14.3. The van der Waals surface area contributed by atoms with Crippen LogP contribution in [0.25, 0.3) is 0 Å². The summed E-state index contributed by atoms with van der Waals surface area (Å²) in [5.41, 5.74) is 1.02. The molecule has 2 aliphatic rings. The second kappa shape index (κ2) is 5.37. The van der Waals surface area contributed by atoms with Gasteiger partial charge in [0.2, 0.25) is 0 Å². The maximum atomic E-state index is 11.2. The third kappa shape index (κ3) is 2.33. The zero-order valence-corrected chi connectivity index (χ0v) is 12.4. The molecule has 0 bridgehead atoms. The van der Waals surface area contributed by atoms with Crippen molar-refractivity contribution in [3.63, 3.8) is 0 Å². The Kier molecular flexibility index (Phi) is 3.73. The number of likely N-dealkylation sites (tertiary alicyclic amines) is 1. The summed E-state index contributed by atoms with van der Waals surface area (Å²) in [5.74, 6) is 0.351. The minimum absolute atomic E-state index is 0.310. The lowest BCUT2D eigenvalue weighted by molar-refractivity contribution is -0.142. The van der Waals surface area contributed by atoms with Crippen LogP contribution in [0.2, 0.25) is 5.15 Å². The van der Waals surface area contributed by atoms with Crippen LogP contribution in [0.4, 0.5) is 0 Å². The molecule has 0 saturated carbocycles. The van der Waals surface area contributed by atoms with Crippen LogP contribution in [0.3, 0.4) is 0 Å². The molecule has 2 unspecified atom stereocenters. The topological polar surface area (TPSA) is 58.4 Å². The van der Waals surface area contributed by atoms with Gasteiger partial charge in [0.1, 0.15) is 5.82 Å². The largest absolute Gasteiger partial charge is 0.481 e. The van der Waals surface area contributed by atoms with Crippen molar-refractivity contribution in [3.05, 3.63) is 16.7 Å². The molecular weight excluding hydrogens is 278 g/mol. The SMILES string of the molecule is CCN1CCC(c2nc(Cl)c3n2CC(C(=O)O)CC3)C1. The number of aliphatic carboxylic acids is 1. The Morgan fingerprint density at radius 1 is 1.45 bits per heavy atom. The molecule has 0 aromatic carbocycles. The first-order valence-corrected chi connectivity index (χ1v) is 7.68. The minimum Gasteiger partial charge on any atom is -0.481 e. The van der Waals surface area contributed by atoms with Gasteiger partial charge in [-0.1, -0.05) is 18.5 Å². The lowest BCUT2D eigenvalue weighted by Gasteiger charge is -2.24. The fraction of sp³-hybridized carbons (Fsp3) is 0.714. The van der Waals surface area contributed by atoms with E-state index >= 15 is 0 Å². The van der Waals surface area contributed by atoms with Crippen molar-refractivity contribution in [2.75, 3.05) is 19.6 Å². The fourth-order valence-electron chi connectivity index (χ4n) is 3.38. The quantitative estimate of drug-likeness (QED) is 0.927. The molecule has 0 radical (unpaired) electrons. The molecule has 0 aliphatic carbocycles. The minimum atomic E-state index is -0.715. The van der Waals surface area contributed by atoms with Crippen molar-refractivity contribution in [1.82, 2.24) is 14.5 Å². The van der Waals surface area contributed by atoms with Gasteiger partial charge in [0.05, 0.1) is 11.6 Å². The van der Waals surface area contributed by atoms with E-state index in [0.29, 0.717) is 30.5 Å². The molecule has 1 saturated heterocycles. The Bertz CT molecular complexity index is 529. The molecule has 2 atom stereocenters. The summed E-state index contributed by atoms with van der Waals surface area (Å²) in [4.78, 5) is 18.2. The molecule has 1 aromatic rings. The number of halogens is 1. The van der Waals surface area contributed by atoms with Crippen LogP contribution in [0, 0.1) is 5.92 Å². The van der Waals surface area contributed by atoms with Crippen molar-refractivity contribution in [2.45, 2.75) is 38.6 Å². The Morgan fingerprint density at radius 3 is 2.90 bits per heavy atom. The van der Waals surface area contributed by atoms with Crippen LogP contribution in [-0.4, -0.2) is 45.2 Å². The third-order valence-electron chi connectivity index (χ3n) is 4.62. The molecule has 6 heteroatoms. The van der Waals surface area contributed by atoms with E-state index < -0.39 is 5.97 Å². The van der Waals surface area contributed by atoms with E-state index in [1.165, 1.54) is 0 Å². The number of hydrogen-bond acceptors (Lipinski definition) is 3. The predicted octanol–water partition coefficient (Wildman–Crippen LogP) is 1.99. The third-order valence-corrected chi connectivity index (χ3v) is 4.92. The molecule has 110 valence electrons. The van der Waals surface area contributed by atoms with E-state index in [-0.39, 0.29) is 5.92 Å². The maximum Gasteiger partial charge on any atom is 0.308 e. The molecule has 1 aromatic heterocycles. The van der Waals surface area contributed by atoms with Crippen LogP contribution in [0.15, 0.2) is 0 Å². The Hall–Kier alpha value is -1.07. The normalized spacial score (nSPS) is 26.7. The van der Waals surface area contributed by atoms with E-state index in [1.807, 2.05) is 0 Å². The van der Waals surface area contributed by atoms with E-state index in [4.69, 9.17) is 11.6 Å². The molecular formula is C14H20ClN3O2. The number of nitrogens with zero attached hydrogens (tertiary/aromatic N) is 3. The molecule has 3 heterocycles. The number of carbonyl (C=O) groups is 1. The molecule has 0 spiro atoms. The second-order valence-corrected chi connectivity index (χ2v) is 6.13. The monoisotopic (exact) mass is 297 g/mol. The van der Waals surface area contributed by atoms with Gasteiger partial charge in [-0.15, -0.1) is 0 Å².